The van der Waals surface area contributed by atoms with Gasteiger partial charge in [-0.15, -0.1) is 0 Å². The lowest BCUT2D eigenvalue weighted by Gasteiger charge is -2.36. The van der Waals surface area contributed by atoms with Gasteiger partial charge in [0.25, 0.3) is 0 Å². The molecule has 168 valence electrons. The predicted molar refractivity (Wildman–Crippen MR) is 116 cm³/mol. The standard InChI is InChI=1S/C22H31N5O3S/c1-14-18-7-6-11-26(13-17-9-10-17)22(18)24-21(23-14)19-8-4-5-12-27(19)31(28,29)20-15(2)25-30-16(20)3/h17,19H,4-13H2,1-3H3/t19-/m0/s1. The van der Waals surface area contributed by atoms with Crippen LogP contribution in [0.4, 0.5) is 5.82 Å². The zero-order valence-electron chi connectivity index (χ0n) is 18.6. The minimum atomic E-state index is -3.75. The molecule has 1 saturated heterocycles. The van der Waals surface area contributed by atoms with Gasteiger partial charge in [0.05, 0.1) is 6.04 Å². The second-order valence-corrected chi connectivity index (χ2v) is 11.1. The summed E-state index contributed by atoms with van der Waals surface area (Å²) in [7, 11) is -3.75. The molecule has 0 radical (unpaired) electrons. The van der Waals surface area contributed by atoms with Crippen molar-refractivity contribution in [3.05, 3.63) is 28.5 Å². The predicted octanol–water partition coefficient (Wildman–Crippen LogP) is 3.47. The normalized spacial score (nSPS) is 22.5. The molecule has 0 bridgehead atoms. The van der Waals surface area contributed by atoms with Gasteiger partial charge >= 0.3 is 0 Å². The van der Waals surface area contributed by atoms with E-state index in [1.54, 1.807) is 18.2 Å². The first-order valence-electron chi connectivity index (χ1n) is 11.4. The average Bonchev–Trinajstić information content (AvgIpc) is 3.50. The van der Waals surface area contributed by atoms with Gasteiger partial charge in [0.15, 0.2) is 5.76 Å². The molecule has 2 fully saturated rings. The number of anilines is 1. The van der Waals surface area contributed by atoms with Gasteiger partial charge in [-0.05, 0) is 65.2 Å². The molecular formula is C22H31N5O3S. The summed E-state index contributed by atoms with van der Waals surface area (Å²) in [6, 6.07) is -0.360. The van der Waals surface area contributed by atoms with E-state index in [4.69, 9.17) is 14.5 Å². The van der Waals surface area contributed by atoms with Crippen molar-refractivity contribution in [3.63, 3.8) is 0 Å². The van der Waals surface area contributed by atoms with Gasteiger partial charge in [-0.1, -0.05) is 11.6 Å². The Morgan fingerprint density at radius 1 is 1.00 bits per heavy atom. The third-order valence-electron chi connectivity index (χ3n) is 6.83. The van der Waals surface area contributed by atoms with Crippen molar-refractivity contribution < 1.29 is 12.9 Å². The van der Waals surface area contributed by atoms with Gasteiger partial charge in [-0.2, -0.15) is 4.31 Å². The second-order valence-electron chi connectivity index (χ2n) is 9.24. The van der Waals surface area contributed by atoms with Crippen LogP contribution in [0.15, 0.2) is 9.42 Å². The summed E-state index contributed by atoms with van der Waals surface area (Å²) in [6.07, 6.45) is 7.24. The Kier molecular flexibility index (Phi) is 5.29. The molecule has 2 aromatic rings. The molecule has 1 aliphatic carbocycles. The Morgan fingerprint density at radius 2 is 1.81 bits per heavy atom. The van der Waals surface area contributed by atoms with E-state index in [2.05, 4.69) is 10.1 Å². The van der Waals surface area contributed by atoms with Crippen LogP contribution >= 0.6 is 0 Å². The van der Waals surface area contributed by atoms with Crippen LogP contribution < -0.4 is 4.90 Å². The number of hydrogen-bond acceptors (Lipinski definition) is 7. The number of nitrogens with zero attached hydrogens (tertiary/aromatic N) is 5. The monoisotopic (exact) mass is 445 g/mol. The number of sulfonamides is 1. The van der Waals surface area contributed by atoms with Crippen molar-refractivity contribution in [2.24, 2.45) is 5.92 Å². The average molecular weight is 446 g/mol. The van der Waals surface area contributed by atoms with Crippen molar-refractivity contribution in [1.29, 1.82) is 0 Å². The van der Waals surface area contributed by atoms with Crippen molar-refractivity contribution in [2.45, 2.75) is 76.7 Å². The van der Waals surface area contributed by atoms with Crippen LogP contribution in [0.5, 0.6) is 0 Å². The number of hydrogen-bond donors (Lipinski definition) is 0. The van der Waals surface area contributed by atoms with Crippen molar-refractivity contribution >= 4 is 15.8 Å². The zero-order valence-corrected chi connectivity index (χ0v) is 19.4. The van der Waals surface area contributed by atoms with Gasteiger partial charge in [-0.25, -0.2) is 18.4 Å². The number of rotatable bonds is 5. The molecule has 1 saturated carbocycles. The molecule has 31 heavy (non-hydrogen) atoms. The molecule has 3 aliphatic rings. The fourth-order valence-electron chi connectivity index (χ4n) is 5.06. The maximum absolute atomic E-state index is 13.6. The summed E-state index contributed by atoms with van der Waals surface area (Å²) in [5, 5.41) is 3.87. The smallest absolute Gasteiger partial charge is 0.249 e. The van der Waals surface area contributed by atoms with Crippen molar-refractivity contribution in [3.8, 4) is 0 Å². The van der Waals surface area contributed by atoms with Crippen LogP contribution in [0.1, 0.15) is 73.1 Å². The van der Waals surface area contributed by atoms with Crippen LogP contribution in [0.3, 0.4) is 0 Å². The van der Waals surface area contributed by atoms with Crippen LogP contribution in [-0.4, -0.2) is 47.5 Å². The lowest BCUT2D eigenvalue weighted by molar-refractivity contribution is 0.245. The van der Waals surface area contributed by atoms with E-state index in [1.165, 1.54) is 18.4 Å². The molecule has 2 aromatic heterocycles. The van der Waals surface area contributed by atoms with Crippen molar-refractivity contribution in [1.82, 2.24) is 19.4 Å². The quantitative estimate of drug-likeness (QED) is 0.696. The highest BCUT2D eigenvalue weighted by Gasteiger charge is 2.40. The summed E-state index contributed by atoms with van der Waals surface area (Å²) in [5.74, 6) is 2.77. The Morgan fingerprint density at radius 3 is 2.52 bits per heavy atom. The molecule has 5 rings (SSSR count). The molecule has 9 heteroatoms. The summed E-state index contributed by atoms with van der Waals surface area (Å²) in [4.78, 5) is 12.5. The molecule has 0 amide bonds. The molecule has 0 unspecified atom stereocenters. The van der Waals surface area contributed by atoms with Gasteiger partial charge in [-0.3, -0.25) is 0 Å². The number of fused-ring (bicyclic) bond motifs is 1. The minimum absolute atomic E-state index is 0.185. The SMILES string of the molecule is Cc1nc([C@@H]2CCCCN2S(=O)(=O)c2c(C)noc2C)nc2c1CCCN2CC1CC1. The highest BCUT2D eigenvalue weighted by molar-refractivity contribution is 7.89. The molecule has 0 aromatic carbocycles. The molecule has 0 spiro atoms. The Balaban J connectivity index is 1.54. The second kappa shape index (κ2) is 7.85. The van der Waals surface area contributed by atoms with Crippen molar-refractivity contribution in [2.75, 3.05) is 24.5 Å². The molecule has 4 heterocycles. The lowest BCUT2D eigenvalue weighted by atomic mass is 10.0. The van der Waals surface area contributed by atoms with Gasteiger partial charge in [0, 0.05) is 30.9 Å². The topological polar surface area (TPSA) is 92.4 Å². The third kappa shape index (κ3) is 3.75. The van der Waals surface area contributed by atoms with E-state index in [0.717, 1.165) is 62.6 Å². The highest BCUT2D eigenvalue weighted by Crippen LogP contribution is 2.39. The van der Waals surface area contributed by atoms with E-state index in [0.29, 0.717) is 23.8 Å². The van der Waals surface area contributed by atoms with Crippen LogP contribution in [0, 0.1) is 26.7 Å². The van der Waals surface area contributed by atoms with E-state index in [-0.39, 0.29) is 10.9 Å². The summed E-state index contributed by atoms with van der Waals surface area (Å²) < 4.78 is 34.0. The third-order valence-corrected chi connectivity index (χ3v) is 8.98. The van der Waals surface area contributed by atoms with Gasteiger partial charge in [0.1, 0.15) is 22.2 Å². The molecule has 8 nitrogen and oxygen atoms in total. The maximum atomic E-state index is 13.6. The Labute approximate surface area is 184 Å². The molecule has 1 atom stereocenters. The Bertz CT molecular complexity index is 1070. The number of aromatic nitrogens is 3. The summed E-state index contributed by atoms with van der Waals surface area (Å²) >= 11 is 0. The summed E-state index contributed by atoms with van der Waals surface area (Å²) in [5.41, 5.74) is 2.62. The first kappa shape index (κ1) is 20.9. The van der Waals surface area contributed by atoms with Gasteiger partial charge in [0.2, 0.25) is 10.0 Å². The largest absolute Gasteiger partial charge is 0.360 e. The van der Waals surface area contributed by atoms with E-state index in [9.17, 15) is 8.42 Å². The first-order valence-corrected chi connectivity index (χ1v) is 12.9. The lowest BCUT2D eigenvalue weighted by Crippen LogP contribution is -2.40. The molecular weight excluding hydrogens is 414 g/mol. The van der Waals surface area contributed by atoms with Crippen LogP contribution in [-0.2, 0) is 16.4 Å². The van der Waals surface area contributed by atoms with E-state index >= 15 is 0 Å². The molecule has 0 N–H and O–H groups in total. The minimum Gasteiger partial charge on any atom is -0.360 e. The zero-order chi connectivity index (χ0) is 21.8. The Hall–Kier alpha value is -2.00. The number of piperidine rings is 1. The first-order chi connectivity index (χ1) is 14.9. The van der Waals surface area contributed by atoms with Gasteiger partial charge < -0.3 is 9.42 Å². The summed E-state index contributed by atoms with van der Waals surface area (Å²) in [6.45, 7) is 7.90. The fraction of sp³-hybridized carbons (Fsp3) is 0.682. The number of aryl methyl sites for hydroxylation is 3. The van der Waals surface area contributed by atoms with Crippen LogP contribution in [0.2, 0.25) is 0 Å². The van der Waals surface area contributed by atoms with Crippen LogP contribution in [0.25, 0.3) is 0 Å². The maximum Gasteiger partial charge on any atom is 0.249 e. The van der Waals surface area contributed by atoms with E-state index < -0.39 is 10.0 Å². The fourth-order valence-corrected chi connectivity index (χ4v) is 7.01. The molecule has 2 aliphatic heterocycles. The van der Waals surface area contributed by atoms with E-state index in [1.807, 2.05) is 6.92 Å². The highest BCUT2D eigenvalue weighted by atomic mass is 32.2.